The summed E-state index contributed by atoms with van der Waals surface area (Å²) in [5, 5.41) is 12.1. The van der Waals surface area contributed by atoms with Crippen LogP contribution in [-0.4, -0.2) is 14.4 Å². The minimum atomic E-state index is 0.934. The van der Waals surface area contributed by atoms with Gasteiger partial charge >= 0.3 is 0 Å². The van der Waals surface area contributed by atoms with Gasteiger partial charge in [0.1, 0.15) is 5.65 Å². The second kappa shape index (κ2) is 11.6. The molecule has 12 aromatic rings. The summed E-state index contributed by atoms with van der Waals surface area (Å²) in [6.07, 6.45) is 1.89. The van der Waals surface area contributed by atoms with Gasteiger partial charge in [0.05, 0.1) is 22.1 Å². The monoisotopic (exact) mass is 697 g/mol. The maximum atomic E-state index is 5.06. The van der Waals surface area contributed by atoms with E-state index in [-0.39, 0.29) is 0 Å². The standard InChI is InChI=1S/C52H31N3/c1-3-12-34-28-38(21-19-32(34)10-1)49-40-14-5-6-15-41(40)50(39-22-20-33-11-2-4-13-35(33)29-39)44-30-36(23-25-42(44)49)37-24-26-47-45(31-37)51-43(16-9-27-53-51)52-54-46-17-7-8-18-48(46)55(47)52/h1-31H. The quantitative estimate of drug-likeness (QED) is 0.136. The summed E-state index contributed by atoms with van der Waals surface area (Å²) in [6, 6.07) is 66.4. The van der Waals surface area contributed by atoms with Crippen LogP contribution in [0.25, 0.3) is 115 Å². The number of rotatable bonds is 3. The molecular formula is C52H31N3. The molecule has 0 spiro atoms. The number of aromatic nitrogens is 3. The Hall–Kier alpha value is -7.36. The summed E-state index contributed by atoms with van der Waals surface area (Å²) in [5.41, 5.74) is 12.3. The molecule has 12 rings (SSSR count). The highest BCUT2D eigenvalue weighted by Crippen LogP contribution is 2.46. The van der Waals surface area contributed by atoms with E-state index in [0.29, 0.717) is 0 Å². The van der Waals surface area contributed by atoms with Crippen LogP contribution in [0.2, 0.25) is 0 Å². The molecule has 3 heterocycles. The van der Waals surface area contributed by atoms with Gasteiger partial charge in [-0.3, -0.25) is 9.38 Å². The molecule has 0 N–H and O–H groups in total. The smallest absolute Gasteiger partial charge is 0.147 e. The normalized spacial score (nSPS) is 12.0. The fourth-order valence-electron chi connectivity index (χ4n) is 9.02. The number of hydrogen-bond donors (Lipinski definition) is 0. The van der Waals surface area contributed by atoms with Crippen LogP contribution in [0.1, 0.15) is 0 Å². The van der Waals surface area contributed by atoms with Crippen LogP contribution in [0.4, 0.5) is 0 Å². The van der Waals surface area contributed by atoms with Crippen molar-refractivity contribution >= 4 is 81.6 Å². The molecule has 0 aliphatic rings. The van der Waals surface area contributed by atoms with Gasteiger partial charge in [-0.1, -0.05) is 127 Å². The molecule has 0 atom stereocenters. The number of hydrogen-bond acceptors (Lipinski definition) is 2. The minimum absolute atomic E-state index is 0.934. The molecule has 0 aliphatic heterocycles. The Morgan fingerprint density at radius 1 is 0.345 bits per heavy atom. The van der Waals surface area contributed by atoms with Gasteiger partial charge in [0, 0.05) is 17.0 Å². The fraction of sp³-hybridized carbons (Fsp3) is 0. The topological polar surface area (TPSA) is 30.2 Å². The third-order valence-corrected chi connectivity index (χ3v) is 11.5. The molecule has 9 aromatic carbocycles. The summed E-state index contributed by atoms with van der Waals surface area (Å²) in [4.78, 5) is 10.0. The maximum absolute atomic E-state index is 5.06. The molecule has 0 amide bonds. The van der Waals surface area contributed by atoms with Crippen molar-refractivity contribution in [2.24, 2.45) is 0 Å². The largest absolute Gasteiger partial charge is 0.292 e. The van der Waals surface area contributed by atoms with E-state index in [1.165, 1.54) is 65.3 Å². The Morgan fingerprint density at radius 3 is 1.62 bits per heavy atom. The van der Waals surface area contributed by atoms with E-state index in [9.17, 15) is 0 Å². The van der Waals surface area contributed by atoms with Crippen molar-refractivity contribution in [3.8, 4) is 33.4 Å². The third kappa shape index (κ3) is 4.50. The van der Waals surface area contributed by atoms with Gasteiger partial charge in [-0.05, 0) is 131 Å². The molecule has 0 bridgehead atoms. The second-order valence-electron chi connectivity index (χ2n) is 14.6. The van der Waals surface area contributed by atoms with E-state index >= 15 is 0 Å². The van der Waals surface area contributed by atoms with Crippen LogP contribution in [0.3, 0.4) is 0 Å². The van der Waals surface area contributed by atoms with Gasteiger partial charge in [0.25, 0.3) is 0 Å². The SMILES string of the molecule is c1ccc2cc(-c3c4ccccc4c(-c4ccc5ccccc5c4)c4cc(-c5ccc6c(c5)c5ncccc5c5nc7ccccc7n65)ccc34)ccc2c1. The summed E-state index contributed by atoms with van der Waals surface area (Å²) >= 11 is 0. The zero-order valence-corrected chi connectivity index (χ0v) is 29.7. The summed E-state index contributed by atoms with van der Waals surface area (Å²) in [7, 11) is 0. The van der Waals surface area contributed by atoms with Crippen molar-refractivity contribution in [3.63, 3.8) is 0 Å². The van der Waals surface area contributed by atoms with Gasteiger partial charge < -0.3 is 0 Å². The highest BCUT2D eigenvalue weighted by molar-refractivity contribution is 6.23. The molecule has 3 nitrogen and oxygen atoms in total. The highest BCUT2D eigenvalue weighted by Gasteiger charge is 2.19. The van der Waals surface area contributed by atoms with Crippen LogP contribution in [0.15, 0.2) is 188 Å². The molecule has 0 radical (unpaired) electrons. The number of nitrogens with zero attached hydrogens (tertiary/aromatic N) is 3. The van der Waals surface area contributed by atoms with Crippen LogP contribution < -0.4 is 0 Å². The summed E-state index contributed by atoms with van der Waals surface area (Å²) < 4.78 is 2.29. The van der Waals surface area contributed by atoms with Gasteiger partial charge in [-0.15, -0.1) is 0 Å². The van der Waals surface area contributed by atoms with Crippen molar-refractivity contribution in [2.75, 3.05) is 0 Å². The third-order valence-electron chi connectivity index (χ3n) is 11.5. The van der Waals surface area contributed by atoms with Gasteiger partial charge in [-0.25, -0.2) is 4.98 Å². The number of fused-ring (bicyclic) bond motifs is 12. The average Bonchev–Trinajstić information content (AvgIpc) is 3.65. The first-order valence-corrected chi connectivity index (χ1v) is 18.8. The zero-order valence-electron chi connectivity index (χ0n) is 29.7. The average molecular weight is 698 g/mol. The maximum Gasteiger partial charge on any atom is 0.147 e. The lowest BCUT2D eigenvalue weighted by Gasteiger charge is -2.19. The van der Waals surface area contributed by atoms with Crippen LogP contribution in [-0.2, 0) is 0 Å². The van der Waals surface area contributed by atoms with Crippen molar-refractivity contribution < 1.29 is 0 Å². The summed E-state index contributed by atoms with van der Waals surface area (Å²) in [5.74, 6) is 0. The fourth-order valence-corrected chi connectivity index (χ4v) is 9.02. The predicted octanol–water partition coefficient (Wildman–Crippen LogP) is 13.8. The first-order chi connectivity index (χ1) is 27.3. The number of para-hydroxylation sites is 2. The molecule has 0 aliphatic carbocycles. The number of pyridine rings is 2. The predicted molar refractivity (Wildman–Crippen MR) is 232 cm³/mol. The number of imidazole rings is 1. The van der Waals surface area contributed by atoms with Gasteiger partial charge in [-0.2, -0.15) is 0 Å². The van der Waals surface area contributed by atoms with E-state index < -0.39 is 0 Å². The Balaban J connectivity index is 1.17. The second-order valence-corrected chi connectivity index (χ2v) is 14.6. The Bertz CT molecular complexity index is 3560. The Morgan fingerprint density at radius 2 is 0.891 bits per heavy atom. The van der Waals surface area contributed by atoms with E-state index in [4.69, 9.17) is 9.97 Å². The van der Waals surface area contributed by atoms with Crippen LogP contribution >= 0.6 is 0 Å². The van der Waals surface area contributed by atoms with Crippen molar-refractivity contribution in [2.45, 2.75) is 0 Å². The Labute approximate surface area is 316 Å². The van der Waals surface area contributed by atoms with E-state index in [0.717, 1.165) is 49.6 Å². The minimum Gasteiger partial charge on any atom is -0.292 e. The van der Waals surface area contributed by atoms with E-state index in [1.54, 1.807) is 0 Å². The lowest BCUT2D eigenvalue weighted by Crippen LogP contribution is -1.94. The van der Waals surface area contributed by atoms with E-state index in [1.807, 2.05) is 12.3 Å². The van der Waals surface area contributed by atoms with Crippen molar-refractivity contribution in [1.82, 2.24) is 14.4 Å². The molecule has 3 aromatic heterocycles. The van der Waals surface area contributed by atoms with E-state index in [2.05, 4.69) is 180 Å². The molecule has 0 unspecified atom stereocenters. The first kappa shape index (κ1) is 30.1. The molecule has 3 heteroatoms. The van der Waals surface area contributed by atoms with Crippen LogP contribution in [0, 0.1) is 0 Å². The Kier molecular flexibility index (Phi) is 6.34. The molecule has 0 saturated carbocycles. The molecule has 0 saturated heterocycles. The van der Waals surface area contributed by atoms with Gasteiger partial charge in [0.2, 0.25) is 0 Å². The van der Waals surface area contributed by atoms with Crippen molar-refractivity contribution in [1.29, 1.82) is 0 Å². The zero-order chi connectivity index (χ0) is 36.0. The molecule has 0 fully saturated rings. The number of benzene rings is 9. The van der Waals surface area contributed by atoms with Crippen molar-refractivity contribution in [3.05, 3.63) is 188 Å². The van der Waals surface area contributed by atoms with Crippen LogP contribution in [0.5, 0.6) is 0 Å². The molecule has 254 valence electrons. The molecular weight excluding hydrogens is 667 g/mol. The first-order valence-electron chi connectivity index (χ1n) is 18.8. The molecule has 55 heavy (non-hydrogen) atoms. The lowest BCUT2D eigenvalue weighted by atomic mass is 9.84. The lowest BCUT2D eigenvalue weighted by molar-refractivity contribution is 1.30. The highest BCUT2D eigenvalue weighted by atomic mass is 15.0. The van der Waals surface area contributed by atoms with Gasteiger partial charge in [0.15, 0.2) is 0 Å². The summed E-state index contributed by atoms with van der Waals surface area (Å²) in [6.45, 7) is 0.